The van der Waals surface area contributed by atoms with Gasteiger partial charge in [0.2, 0.25) is 0 Å². The first kappa shape index (κ1) is 12.1. The standard InChI is InChI=1S/C13H17NS/c1-2-3-4-8-15-11-13-7-5-6-12(9-13)10-14/h5-7,9H,2-4,8,11H2,1H3. The van der Waals surface area contributed by atoms with E-state index in [4.69, 9.17) is 5.26 Å². The Morgan fingerprint density at radius 2 is 2.20 bits per heavy atom. The second-order valence-electron chi connectivity index (χ2n) is 3.57. The van der Waals surface area contributed by atoms with Crippen LogP contribution in [0.5, 0.6) is 0 Å². The molecule has 1 rings (SSSR count). The van der Waals surface area contributed by atoms with Gasteiger partial charge in [-0.15, -0.1) is 0 Å². The summed E-state index contributed by atoms with van der Waals surface area (Å²) in [5.74, 6) is 2.25. The van der Waals surface area contributed by atoms with Crippen molar-refractivity contribution < 1.29 is 0 Å². The van der Waals surface area contributed by atoms with Gasteiger partial charge in [0.25, 0.3) is 0 Å². The van der Waals surface area contributed by atoms with Gasteiger partial charge >= 0.3 is 0 Å². The zero-order chi connectivity index (χ0) is 10.9. The van der Waals surface area contributed by atoms with Gasteiger partial charge in [-0.05, 0) is 29.9 Å². The minimum absolute atomic E-state index is 0.765. The number of rotatable bonds is 6. The van der Waals surface area contributed by atoms with Gasteiger partial charge in [-0.3, -0.25) is 0 Å². The second kappa shape index (κ2) is 7.36. The highest BCUT2D eigenvalue weighted by Crippen LogP contribution is 2.15. The highest BCUT2D eigenvalue weighted by molar-refractivity contribution is 7.98. The molecule has 0 saturated carbocycles. The summed E-state index contributed by atoms with van der Waals surface area (Å²) in [5, 5.41) is 8.75. The number of thioether (sulfide) groups is 1. The zero-order valence-electron chi connectivity index (χ0n) is 9.20. The first-order valence-corrected chi connectivity index (χ1v) is 6.59. The molecule has 0 amide bonds. The van der Waals surface area contributed by atoms with Gasteiger partial charge in [0, 0.05) is 5.75 Å². The fourth-order valence-electron chi connectivity index (χ4n) is 1.37. The van der Waals surface area contributed by atoms with Crippen LogP contribution in [0.1, 0.15) is 37.3 Å². The van der Waals surface area contributed by atoms with Crippen LogP contribution in [0.3, 0.4) is 0 Å². The number of hydrogen-bond acceptors (Lipinski definition) is 2. The van der Waals surface area contributed by atoms with Crippen LogP contribution in [0.2, 0.25) is 0 Å². The summed E-state index contributed by atoms with van der Waals surface area (Å²) in [5.41, 5.74) is 2.03. The summed E-state index contributed by atoms with van der Waals surface area (Å²) in [6.45, 7) is 2.22. The predicted octanol–water partition coefficient (Wildman–Crippen LogP) is 3.98. The molecule has 0 heterocycles. The van der Waals surface area contributed by atoms with Gasteiger partial charge in [0.05, 0.1) is 11.6 Å². The topological polar surface area (TPSA) is 23.8 Å². The Morgan fingerprint density at radius 1 is 1.33 bits per heavy atom. The van der Waals surface area contributed by atoms with Crippen molar-refractivity contribution in [2.75, 3.05) is 5.75 Å². The highest BCUT2D eigenvalue weighted by Gasteiger charge is 1.95. The van der Waals surface area contributed by atoms with Crippen molar-refractivity contribution in [1.29, 1.82) is 5.26 Å². The third-order valence-electron chi connectivity index (χ3n) is 2.22. The largest absolute Gasteiger partial charge is 0.192 e. The van der Waals surface area contributed by atoms with Crippen molar-refractivity contribution in [3.63, 3.8) is 0 Å². The Bertz CT molecular complexity index is 328. The lowest BCUT2D eigenvalue weighted by molar-refractivity contribution is 0.778. The molecule has 1 aromatic carbocycles. The molecule has 80 valence electrons. The molecular formula is C13H17NS. The lowest BCUT2D eigenvalue weighted by Crippen LogP contribution is -1.85. The van der Waals surface area contributed by atoms with Crippen LogP contribution in [0.15, 0.2) is 24.3 Å². The molecule has 0 unspecified atom stereocenters. The molecule has 2 heteroatoms. The molecular weight excluding hydrogens is 202 g/mol. The van der Waals surface area contributed by atoms with Gasteiger partial charge in [0.1, 0.15) is 0 Å². The van der Waals surface area contributed by atoms with E-state index >= 15 is 0 Å². The summed E-state index contributed by atoms with van der Waals surface area (Å²) in [4.78, 5) is 0. The van der Waals surface area contributed by atoms with Crippen molar-refractivity contribution in [1.82, 2.24) is 0 Å². The third kappa shape index (κ3) is 4.90. The van der Waals surface area contributed by atoms with E-state index in [0.717, 1.165) is 11.3 Å². The number of nitriles is 1. The number of nitrogens with zero attached hydrogens (tertiary/aromatic N) is 1. The Labute approximate surface area is 96.5 Å². The molecule has 1 nitrogen and oxygen atoms in total. The molecule has 0 fully saturated rings. The van der Waals surface area contributed by atoms with Gasteiger partial charge in [0.15, 0.2) is 0 Å². The Kier molecular flexibility index (Phi) is 5.96. The monoisotopic (exact) mass is 219 g/mol. The maximum Gasteiger partial charge on any atom is 0.0991 e. The van der Waals surface area contributed by atoms with Crippen molar-refractivity contribution in [2.45, 2.75) is 31.9 Å². The minimum atomic E-state index is 0.765. The summed E-state index contributed by atoms with van der Waals surface area (Å²) in [7, 11) is 0. The molecule has 0 bridgehead atoms. The molecule has 0 atom stereocenters. The van der Waals surface area contributed by atoms with Gasteiger partial charge in [-0.25, -0.2) is 0 Å². The van der Waals surface area contributed by atoms with Gasteiger partial charge in [-0.1, -0.05) is 31.9 Å². The summed E-state index contributed by atoms with van der Waals surface area (Å²) in [6, 6.07) is 10.0. The van der Waals surface area contributed by atoms with Crippen LogP contribution in [0.4, 0.5) is 0 Å². The Balaban J connectivity index is 2.28. The fourth-order valence-corrected chi connectivity index (χ4v) is 2.34. The Morgan fingerprint density at radius 3 is 2.93 bits per heavy atom. The lowest BCUT2D eigenvalue weighted by atomic mass is 10.2. The van der Waals surface area contributed by atoms with E-state index in [9.17, 15) is 0 Å². The molecule has 0 N–H and O–H groups in total. The number of unbranched alkanes of at least 4 members (excludes halogenated alkanes) is 2. The van der Waals surface area contributed by atoms with Gasteiger partial charge < -0.3 is 0 Å². The molecule has 0 spiro atoms. The van der Waals surface area contributed by atoms with Crippen molar-refractivity contribution >= 4 is 11.8 Å². The van der Waals surface area contributed by atoms with E-state index in [2.05, 4.69) is 19.1 Å². The molecule has 0 aromatic heterocycles. The molecule has 0 radical (unpaired) electrons. The normalized spacial score (nSPS) is 9.87. The maximum absolute atomic E-state index is 8.75. The number of benzene rings is 1. The molecule has 15 heavy (non-hydrogen) atoms. The van der Waals surface area contributed by atoms with E-state index in [1.165, 1.54) is 30.6 Å². The van der Waals surface area contributed by atoms with Crippen LogP contribution in [-0.2, 0) is 5.75 Å². The molecule has 1 aromatic rings. The lowest BCUT2D eigenvalue weighted by Gasteiger charge is -2.01. The van der Waals surface area contributed by atoms with E-state index in [-0.39, 0.29) is 0 Å². The van der Waals surface area contributed by atoms with E-state index in [1.54, 1.807) is 0 Å². The van der Waals surface area contributed by atoms with Crippen LogP contribution in [0.25, 0.3) is 0 Å². The van der Waals surface area contributed by atoms with Crippen molar-refractivity contribution in [3.05, 3.63) is 35.4 Å². The molecule has 0 aliphatic carbocycles. The zero-order valence-corrected chi connectivity index (χ0v) is 10.0. The molecule has 0 aliphatic heterocycles. The van der Waals surface area contributed by atoms with E-state index < -0.39 is 0 Å². The summed E-state index contributed by atoms with van der Waals surface area (Å²) < 4.78 is 0. The SMILES string of the molecule is CCCCCSCc1cccc(C#N)c1. The quantitative estimate of drug-likeness (QED) is 0.676. The Hall–Kier alpha value is -0.940. The van der Waals surface area contributed by atoms with Crippen LogP contribution >= 0.6 is 11.8 Å². The average Bonchev–Trinajstić information content (AvgIpc) is 2.29. The average molecular weight is 219 g/mol. The molecule has 0 saturated heterocycles. The van der Waals surface area contributed by atoms with Gasteiger partial charge in [-0.2, -0.15) is 17.0 Å². The highest BCUT2D eigenvalue weighted by atomic mass is 32.2. The van der Waals surface area contributed by atoms with E-state index in [1.807, 2.05) is 30.0 Å². The van der Waals surface area contributed by atoms with Crippen LogP contribution < -0.4 is 0 Å². The minimum Gasteiger partial charge on any atom is -0.192 e. The van der Waals surface area contributed by atoms with E-state index in [0.29, 0.717) is 0 Å². The fraction of sp³-hybridized carbons (Fsp3) is 0.462. The van der Waals surface area contributed by atoms with Crippen molar-refractivity contribution in [3.8, 4) is 6.07 Å². The molecule has 0 aliphatic rings. The second-order valence-corrected chi connectivity index (χ2v) is 4.68. The third-order valence-corrected chi connectivity index (χ3v) is 3.33. The van der Waals surface area contributed by atoms with Crippen molar-refractivity contribution in [2.24, 2.45) is 0 Å². The summed E-state index contributed by atoms with van der Waals surface area (Å²) >= 11 is 1.96. The first-order valence-electron chi connectivity index (χ1n) is 5.43. The van der Waals surface area contributed by atoms with Crippen LogP contribution in [-0.4, -0.2) is 5.75 Å². The maximum atomic E-state index is 8.75. The predicted molar refractivity (Wildman–Crippen MR) is 66.8 cm³/mol. The smallest absolute Gasteiger partial charge is 0.0991 e. The van der Waals surface area contributed by atoms with Crippen LogP contribution in [0, 0.1) is 11.3 Å². The number of hydrogen-bond donors (Lipinski definition) is 0. The first-order chi connectivity index (χ1) is 7.36. The summed E-state index contributed by atoms with van der Waals surface area (Å²) in [6.07, 6.45) is 3.91.